The van der Waals surface area contributed by atoms with E-state index < -0.39 is 0 Å². The van der Waals surface area contributed by atoms with Gasteiger partial charge in [-0.2, -0.15) is 0 Å². The molecule has 3 rings (SSSR count). The predicted molar refractivity (Wildman–Crippen MR) is 52.7 cm³/mol. The topological polar surface area (TPSA) is 53.5 Å². The van der Waals surface area contributed by atoms with Crippen LogP contribution in [0.2, 0.25) is 0 Å². The number of rotatable bonds is 0. The lowest BCUT2D eigenvalue weighted by Gasteiger charge is -2.26. The third-order valence-corrected chi connectivity index (χ3v) is 2.98. The van der Waals surface area contributed by atoms with Crippen LogP contribution in [0, 0.1) is 0 Å². The summed E-state index contributed by atoms with van der Waals surface area (Å²) in [5, 5.41) is 0. The average molecular weight is 189 g/mol. The molecule has 72 valence electrons. The summed E-state index contributed by atoms with van der Waals surface area (Å²) >= 11 is 0. The van der Waals surface area contributed by atoms with Crippen molar-refractivity contribution >= 4 is 12.1 Å². The molecule has 0 radical (unpaired) electrons. The molecule has 1 saturated heterocycles. The van der Waals surface area contributed by atoms with Gasteiger partial charge >= 0.3 is 0 Å². The molecule has 1 aliphatic carbocycles. The number of allylic oxidation sites excluding steroid dienone is 1. The lowest BCUT2D eigenvalue weighted by molar-refractivity contribution is -0.116. The third-order valence-electron chi connectivity index (χ3n) is 2.98. The second-order valence-corrected chi connectivity index (χ2v) is 3.77. The van der Waals surface area contributed by atoms with E-state index in [-0.39, 0.29) is 18.0 Å². The first-order valence-corrected chi connectivity index (χ1v) is 4.86. The SMILES string of the molecule is O=C1NNC2CCC3N=CC=CC3=C12. The zero-order chi connectivity index (χ0) is 9.54. The molecule has 0 aromatic heterocycles. The number of amides is 1. The number of fused-ring (bicyclic) bond motifs is 2. The molecule has 2 atom stereocenters. The van der Waals surface area contributed by atoms with E-state index in [1.165, 1.54) is 0 Å². The summed E-state index contributed by atoms with van der Waals surface area (Å²) in [7, 11) is 0. The van der Waals surface area contributed by atoms with Gasteiger partial charge in [-0.05, 0) is 24.5 Å². The van der Waals surface area contributed by atoms with Gasteiger partial charge in [0.05, 0.1) is 12.1 Å². The Morgan fingerprint density at radius 2 is 2.36 bits per heavy atom. The summed E-state index contributed by atoms with van der Waals surface area (Å²) < 4.78 is 0. The fraction of sp³-hybridized carbons (Fsp3) is 0.400. The average Bonchev–Trinajstić information content (AvgIpc) is 2.61. The quantitative estimate of drug-likeness (QED) is 0.567. The first-order valence-electron chi connectivity index (χ1n) is 4.86. The molecular formula is C10H11N3O. The van der Waals surface area contributed by atoms with Gasteiger partial charge in [-0.1, -0.05) is 6.08 Å². The van der Waals surface area contributed by atoms with E-state index in [0.29, 0.717) is 0 Å². The van der Waals surface area contributed by atoms with Crippen LogP contribution in [0.3, 0.4) is 0 Å². The summed E-state index contributed by atoms with van der Waals surface area (Å²) in [5.41, 5.74) is 7.63. The number of nitrogens with one attached hydrogen (secondary N) is 2. The van der Waals surface area contributed by atoms with E-state index in [9.17, 15) is 4.79 Å². The van der Waals surface area contributed by atoms with Crippen molar-refractivity contribution in [3.05, 3.63) is 23.3 Å². The van der Waals surface area contributed by atoms with Gasteiger partial charge in [0.15, 0.2) is 0 Å². The molecule has 1 fully saturated rings. The fourth-order valence-electron chi connectivity index (χ4n) is 2.31. The van der Waals surface area contributed by atoms with Crippen LogP contribution in [0.15, 0.2) is 28.3 Å². The maximum Gasteiger partial charge on any atom is 0.263 e. The van der Waals surface area contributed by atoms with Crippen LogP contribution in [0.5, 0.6) is 0 Å². The lowest BCUT2D eigenvalue weighted by atomic mass is 9.84. The molecule has 2 heterocycles. The number of hydrogen-bond acceptors (Lipinski definition) is 3. The molecule has 3 aliphatic rings. The first-order chi connectivity index (χ1) is 6.86. The van der Waals surface area contributed by atoms with Crippen LogP contribution in [0.25, 0.3) is 0 Å². The Morgan fingerprint density at radius 3 is 3.29 bits per heavy atom. The van der Waals surface area contributed by atoms with E-state index in [0.717, 1.165) is 24.0 Å². The minimum Gasteiger partial charge on any atom is -0.287 e. The molecule has 0 saturated carbocycles. The van der Waals surface area contributed by atoms with Gasteiger partial charge in [0, 0.05) is 11.8 Å². The molecule has 0 spiro atoms. The Hall–Kier alpha value is -1.42. The molecule has 4 nitrogen and oxygen atoms in total. The van der Waals surface area contributed by atoms with Crippen molar-refractivity contribution in [1.82, 2.24) is 10.9 Å². The molecular weight excluding hydrogens is 178 g/mol. The molecule has 0 bridgehead atoms. The van der Waals surface area contributed by atoms with Crippen molar-refractivity contribution in [1.29, 1.82) is 0 Å². The van der Waals surface area contributed by atoms with Gasteiger partial charge < -0.3 is 0 Å². The Bertz CT molecular complexity index is 381. The number of carbonyl (C=O) groups excluding carboxylic acids is 1. The highest BCUT2D eigenvalue weighted by Crippen LogP contribution is 2.31. The normalized spacial score (nSPS) is 34.1. The van der Waals surface area contributed by atoms with Gasteiger partial charge in [0.1, 0.15) is 0 Å². The van der Waals surface area contributed by atoms with Crippen LogP contribution >= 0.6 is 0 Å². The van der Waals surface area contributed by atoms with Crippen molar-refractivity contribution in [3.8, 4) is 0 Å². The highest BCUT2D eigenvalue weighted by atomic mass is 16.2. The minimum atomic E-state index is 0.0106. The molecule has 2 unspecified atom stereocenters. The molecule has 2 aliphatic heterocycles. The van der Waals surface area contributed by atoms with Crippen LogP contribution in [0.1, 0.15) is 12.8 Å². The number of nitrogens with zero attached hydrogens (tertiary/aromatic N) is 1. The largest absolute Gasteiger partial charge is 0.287 e. The Kier molecular flexibility index (Phi) is 1.58. The van der Waals surface area contributed by atoms with Crippen LogP contribution in [-0.4, -0.2) is 24.2 Å². The maximum absolute atomic E-state index is 11.5. The predicted octanol–water partition coefficient (Wildman–Crippen LogP) is 0.0890. The smallest absolute Gasteiger partial charge is 0.263 e. The van der Waals surface area contributed by atoms with Gasteiger partial charge in [0.2, 0.25) is 0 Å². The van der Waals surface area contributed by atoms with Crippen molar-refractivity contribution in [2.75, 3.05) is 0 Å². The molecule has 2 N–H and O–H groups in total. The summed E-state index contributed by atoms with van der Waals surface area (Å²) in [6, 6.07) is 0.392. The molecule has 4 heteroatoms. The lowest BCUT2D eigenvalue weighted by Crippen LogP contribution is -2.33. The van der Waals surface area contributed by atoms with Gasteiger partial charge in [-0.3, -0.25) is 15.2 Å². The summed E-state index contributed by atoms with van der Waals surface area (Å²) in [6.45, 7) is 0. The number of carbonyl (C=O) groups is 1. The highest BCUT2D eigenvalue weighted by Gasteiger charge is 2.36. The molecule has 1 amide bonds. The van der Waals surface area contributed by atoms with Gasteiger partial charge in [-0.15, -0.1) is 0 Å². The van der Waals surface area contributed by atoms with Crippen molar-refractivity contribution in [2.24, 2.45) is 4.99 Å². The first kappa shape index (κ1) is 7.94. The number of dihydropyridines is 1. The van der Waals surface area contributed by atoms with Gasteiger partial charge in [-0.25, -0.2) is 5.43 Å². The summed E-state index contributed by atoms with van der Waals surface area (Å²) in [4.78, 5) is 15.9. The zero-order valence-electron chi connectivity index (χ0n) is 7.66. The monoisotopic (exact) mass is 189 g/mol. The Morgan fingerprint density at radius 1 is 1.43 bits per heavy atom. The zero-order valence-corrected chi connectivity index (χ0v) is 7.66. The summed E-state index contributed by atoms with van der Waals surface area (Å²) in [5.74, 6) is 0.0106. The van der Waals surface area contributed by atoms with Crippen molar-refractivity contribution < 1.29 is 4.79 Å². The second-order valence-electron chi connectivity index (χ2n) is 3.77. The van der Waals surface area contributed by atoms with E-state index in [1.807, 2.05) is 18.4 Å². The van der Waals surface area contributed by atoms with E-state index in [2.05, 4.69) is 15.8 Å². The van der Waals surface area contributed by atoms with E-state index in [1.54, 1.807) is 0 Å². The Labute approximate surface area is 81.8 Å². The minimum absolute atomic E-state index is 0.0106. The Balaban J connectivity index is 2.12. The second kappa shape index (κ2) is 2.78. The molecule has 0 aromatic carbocycles. The van der Waals surface area contributed by atoms with Gasteiger partial charge in [0.25, 0.3) is 5.91 Å². The number of aliphatic imine (C=N–C) groups is 1. The van der Waals surface area contributed by atoms with Crippen LogP contribution in [0.4, 0.5) is 0 Å². The highest BCUT2D eigenvalue weighted by molar-refractivity contribution is 5.98. The van der Waals surface area contributed by atoms with Crippen LogP contribution in [-0.2, 0) is 4.79 Å². The van der Waals surface area contributed by atoms with Crippen molar-refractivity contribution in [3.63, 3.8) is 0 Å². The number of hydrazine groups is 1. The standard InChI is InChI=1S/C10H11N3O/c14-10-9-6-2-1-5-11-7(6)3-4-8(9)12-13-10/h1-2,5,7-8,12H,3-4H2,(H,13,14). The fourth-order valence-corrected chi connectivity index (χ4v) is 2.31. The molecule has 0 aromatic rings. The maximum atomic E-state index is 11.5. The summed E-state index contributed by atoms with van der Waals surface area (Å²) in [6.07, 6.45) is 7.72. The van der Waals surface area contributed by atoms with E-state index in [4.69, 9.17) is 0 Å². The van der Waals surface area contributed by atoms with Crippen molar-refractivity contribution in [2.45, 2.75) is 24.9 Å². The number of hydrogen-bond donors (Lipinski definition) is 2. The molecule has 14 heavy (non-hydrogen) atoms. The van der Waals surface area contributed by atoms with Crippen LogP contribution < -0.4 is 10.9 Å². The third kappa shape index (κ3) is 0.974. The van der Waals surface area contributed by atoms with E-state index >= 15 is 0 Å².